The van der Waals surface area contributed by atoms with Gasteiger partial charge in [-0.25, -0.2) is 0 Å². The standard InChI is InChI=1S/C15H25NO2/c1-2-9-16-11-13-8-10-17-15(13)12-18-14-6-4-3-5-7-14/h8,10,14,16H,2-7,9,11-12H2,1H3. The van der Waals surface area contributed by atoms with Gasteiger partial charge in [0.15, 0.2) is 0 Å². The van der Waals surface area contributed by atoms with Crippen LogP contribution in [0, 0.1) is 0 Å². The second-order valence-electron chi connectivity index (χ2n) is 5.12. The average molecular weight is 251 g/mol. The molecule has 3 heteroatoms. The van der Waals surface area contributed by atoms with Crippen LogP contribution in [0.15, 0.2) is 16.7 Å². The van der Waals surface area contributed by atoms with E-state index < -0.39 is 0 Å². The van der Waals surface area contributed by atoms with Crippen molar-refractivity contribution in [3.63, 3.8) is 0 Å². The molecule has 0 saturated heterocycles. The van der Waals surface area contributed by atoms with Gasteiger partial charge in [-0.15, -0.1) is 0 Å². The monoisotopic (exact) mass is 251 g/mol. The predicted molar refractivity (Wildman–Crippen MR) is 72.4 cm³/mol. The molecule has 1 heterocycles. The van der Waals surface area contributed by atoms with Crippen molar-refractivity contribution in [2.45, 2.75) is 64.7 Å². The molecule has 0 unspecified atom stereocenters. The van der Waals surface area contributed by atoms with Gasteiger partial charge in [0.1, 0.15) is 12.4 Å². The highest BCUT2D eigenvalue weighted by Gasteiger charge is 2.15. The van der Waals surface area contributed by atoms with E-state index in [1.54, 1.807) is 6.26 Å². The van der Waals surface area contributed by atoms with E-state index in [-0.39, 0.29) is 0 Å². The van der Waals surface area contributed by atoms with Gasteiger partial charge in [-0.3, -0.25) is 0 Å². The lowest BCUT2D eigenvalue weighted by Crippen LogP contribution is -2.17. The van der Waals surface area contributed by atoms with E-state index in [4.69, 9.17) is 9.15 Å². The van der Waals surface area contributed by atoms with Crippen molar-refractivity contribution in [2.24, 2.45) is 0 Å². The number of nitrogens with one attached hydrogen (secondary N) is 1. The second-order valence-corrected chi connectivity index (χ2v) is 5.12. The van der Waals surface area contributed by atoms with Crippen LogP contribution in [0.25, 0.3) is 0 Å². The fraction of sp³-hybridized carbons (Fsp3) is 0.733. The van der Waals surface area contributed by atoms with E-state index in [9.17, 15) is 0 Å². The number of rotatable bonds is 7. The summed E-state index contributed by atoms with van der Waals surface area (Å²) in [6, 6.07) is 2.04. The fourth-order valence-electron chi connectivity index (χ4n) is 2.48. The van der Waals surface area contributed by atoms with E-state index in [0.29, 0.717) is 12.7 Å². The predicted octanol–water partition coefficient (Wildman–Crippen LogP) is 3.63. The largest absolute Gasteiger partial charge is 0.467 e. The van der Waals surface area contributed by atoms with Crippen molar-refractivity contribution in [3.05, 3.63) is 23.7 Å². The molecule has 1 fully saturated rings. The molecule has 0 radical (unpaired) electrons. The number of ether oxygens (including phenoxy) is 1. The molecule has 1 aliphatic rings. The van der Waals surface area contributed by atoms with E-state index >= 15 is 0 Å². The third-order valence-electron chi connectivity index (χ3n) is 3.58. The highest BCUT2D eigenvalue weighted by Crippen LogP contribution is 2.22. The van der Waals surface area contributed by atoms with Gasteiger partial charge in [0.25, 0.3) is 0 Å². The lowest BCUT2D eigenvalue weighted by Gasteiger charge is -2.21. The summed E-state index contributed by atoms with van der Waals surface area (Å²) >= 11 is 0. The molecule has 3 nitrogen and oxygen atoms in total. The Balaban J connectivity index is 1.75. The molecule has 1 saturated carbocycles. The first-order valence-electron chi connectivity index (χ1n) is 7.27. The molecular weight excluding hydrogens is 226 g/mol. The Labute approximate surface area is 110 Å². The van der Waals surface area contributed by atoms with Crippen molar-refractivity contribution in [3.8, 4) is 0 Å². The summed E-state index contributed by atoms with van der Waals surface area (Å²) in [5.41, 5.74) is 1.24. The summed E-state index contributed by atoms with van der Waals surface area (Å²) < 4.78 is 11.5. The van der Waals surface area contributed by atoms with E-state index in [0.717, 1.165) is 25.3 Å². The zero-order valence-corrected chi connectivity index (χ0v) is 11.4. The van der Waals surface area contributed by atoms with Gasteiger partial charge >= 0.3 is 0 Å². The van der Waals surface area contributed by atoms with Crippen LogP contribution in [0.3, 0.4) is 0 Å². The molecule has 0 spiro atoms. The quantitative estimate of drug-likeness (QED) is 0.751. The lowest BCUT2D eigenvalue weighted by atomic mass is 9.98. The molecule has 18 heavy (non-hydrogen) atoms. The van der Waals surface area contributed by atoms with Gasteiger partial charge in [-0.2, -0.15) is 0 Å². The third kappa shape index (κ3) is 4.14. The zero-order chi connectivity index (χ0) is 12.6. The van der Waals surface area contributed by atoms with Crippen molar-refractivity contribution >= 4 is 0 Å². The van der Waals surface area contributed by atoms with Gasteiger partial charge in [-0.05, 0) is 31.9 Å². The molecule has 0 aromatic carbocycles. The molecule has 1 aromatic rings. The topological polar surface area (TPSA) is 34.4 Å². The smallest absolute Gasteiger partial charge is 0.133 e. The molecule has 0 atom stereocenters. The summed E-state index contributed by atoms with van der Waals surface area (Å²) in [7, 11) is 0. The molecule has 0 bridgehead atoms. The van der Waals surface area contributed by atoms with E-state index in [1.807, 2.05) is 6.07 Å². The Kier molecular flexibility index (Phi) is 5.75. The SMILES string of the molecule is CCCNCc1ccoc1COC1CCCCC1. The first-order chi connectivity index (χ1) is 8.90. The van der Waals surface area contributed by atoms with Crippen LogP contribution in [0.1, 0.15) is 56.8 Å². The molecule has 1 aliphatic carbocycles. The van der Waals surface area contributed by atoms with Crippen LogP contribution in [0.5, 0.6) is 0 Å². The van der Waals surface area contributed by atoms with Gasteiger partial charge < -0.3 is 14.5 Å². The maximum absolute atomic E-state index is 5.95. The van der Waals surface area contributed by atoms with Crippen LogP contribution < -0.4 is 5.32 Å². The number of hydrogen-bond donors (Lipinski definition) is 1. The Morgan fingerprint density at radius 3 is 2.94 bits per heavy atom. The van der Waals surface area contributed by atoms with Gasteiger partial charge in [0.2, 0.25) is 0 Å². The van der Waals surface area contributed by atoms with Crippen molar-refractivity contribution in [2.75, 3.05) is 6.54 Å². The summed E-state index contributed by atoms with van der Waals surface area (Å²) in [6.45, 7) is 4.73. The highest BCUT2D eigenvalue weighted by atomic mass is 16.5. The van der Waals surface area contributed by atoms with Gasteiger partial charge in [0.05, 0.1) is 12.4 Å². The molecular formula is C15H25NO2. The van der Waals surface area contributed by atoms with Crippen LogP contribution >= 0.6 is 0 Å². The van der Waals surface area contributed by atoms with Crippen molar-refractivity contribution in [1.29, 1.82) is 0 Å². The highest BCUT2D eigenvalue weighted by molar-refractivity contribution is 5.16. The summed E-state index contributed by atoms with van der Waals surface area (Å²) in [5, 5.41) is 3.40. The van der Waals surface area contributed by atoms with E-state index in [2.05, 4.69) is 12.2 Å². The van der Waals surface area contributed by atoms with Crippen LogP contribution in [0.4, 0.5) is 0 Å². The van der Waals surface area contributed by atoms with Gasteiger partial charge in [0, 0.05) is 12.1 Å². The fourth-order valence-corrected chi connectivity index (χ4v) is 2.48. The third-order valence-corrected chi connectivity index (χ3v) is 3.58. The maximum Gasteiger partial charge on any atom is 0.133 e. The minimum absolute atomic E-state index is 0.445. The molecule has 102 valence electrons. The van der Waals surface area contributed by atoms with Crippen LogP contribution in [-0.4, -0.2) is 12.6 Å². The maximum atomic E-state index is 5.95. The first-order valence-corrected chi connectivity index (χ1v) is 7.27. The number of furan rings is 1. The Morgan fingerprint density at radius 2 is 2.17 bits per heavy atom. The zero-order valence-electron chi connectivity index (χ0n) is 11.4. The van der Waals surface area contributed by atoms with Crippen LogP contribution in [0.2, 0.25) is 0 Å². The Hall–Kier alpha value is -0.800. The normalized spacial score (nSPS) is 17.2. The summed E-state index contributed by atoms with van der Waals surface area (Å²) in [4.78, 5) is 0. The van der Waals surface area contributed by atoms with E-state index in [1.165, 1.54) is 37.7 Å². The summed E-state index contributed by atoms with van der Waals surface area (Å²) in [5.74, 6) is 0.990. The second kappa shape index (κ2) is 7.59. The van der Waals surface area contributed by atoms with Crippen molar-refractivity contribution < 1.29 is 9.15 Å². The number of hydrogen-bond acceptors (Lipinski definition) is 3. The van der Waals surface area contributed by atoms with Crippen molar-refractivity contribution in [1.82, 2.24) is 5.32 Å². The van der Waals surface area contributed by atoms with Crippen LogP contribution in [-0.2, 0) is 17.9 Å². The Bertz CT molecular complexity index is 329. The molecule has 2 rings (SSSR count). The molecule has 0 amide bonds. The first kappa shape index (κ1) is 13.6. The average Bonchev–Trinajstić information content (AvgIpc) is 2.86. The molecule has 1 N–H and O–H groups in total. The molecule has 1 aromatic heterocycles. The summed E-state index contributed by atoms with van der Waals surface area (Å²) in [6.07, 6.45) is 9.79. The lowest BCUT2D eigenvalue weighted by molar-refractivity contribution is 0.00831. The minimum Gasteiger partial charge on any atom is -0.467 e. The molecule has 0 aliphatic heterocycles. The minimum atomic E-state index is 0.445. The Morgan fingerprint density at radius 1 is 1.33 bits per heavy atom. The van der Waals surface area contributed by atoms with Gasteiger partial charge in [-0.1, -0.05) is 26.2 Å².